The number of ether oxygens (including phenoxy) is 1. The number of hydrogen-bond acceptors (Lipinski definition) is 6. The van der Waals surface area contributed by atoms with E-state index in [0.717, 1.165) is 0 Å². The number of fused-ring (bicyclic) bond motifs is 3. The number of cyclic esters (lactones) is 1. The summed E-state index contributed by atoms with van der Waals surface area (Å²) in [6, 6.07) is 20.2. The molecule has 0 saturated carbocycles. The molecule has 1 spiro atoms. The second-order valence-corrected chi connectivity index (χ2v) is 8.87. The molecule has 3 aliphatic rings. The monoisotopic (exact) mass is 496 g/mol. The zero-order valence-electron chi connectivity index (χ0n) is 19.2. The first-order valence-corrected chi connectivity index (χ1v) is 11.4. The number of nitriles is 1. The average Bonchev–Trinajstić information content (AvgIpc) is 3.38. The van der Waals surface area contributed by atoms with Crippen LogP contribution in [0.15, 0.2) is 95.5 Å². The van der Waals surface area contributed by atoms with Crippen molar-refractivity contribution in [3.05, 3.63) is 118 Å². The number of halogens is 2. The summed E-state index contributed by atoms with van der Waals surface area (Å²) in [5.74, 6) is -2.36. The molecule has 0 unspecified atom stereocenters. The van der Waals surface area contributed by atoms with E-state index >= 15 is 0 Å². The van der Waals surface area contributed by atoms with Crippen molar-refractivity contribution in [2.24, 2.45) is 5.73 Å². The summed E-state index contributed by atoms with van der Waals surface area (Å²) >= 11 is 0. The van der Waals surface area contributed by atoms with Crippen LogP contribution in [0.1, 0.15) is 11.1 Å². The third-order valence-corrected chi connectivity index (χ3v) is 6.95. The van der Waals surface area contributed by atoms with Gasteiger partial charge in [-0.25, -0.2) is 13.6 Å². The maximum Gasteiger partial charge on any atom is 0.338 e. The van der Waals surface area contributed by atoms with Gasteiger partial charge in [0.15, 0.2) is 0 Å². The maximum absolute atomic E-state index is 14.4. The van der Waals surface area contributed by atoms with Gasteiger partial charge in [0.25, 0.3) is 0 Å². The number of benzene rings is 3. The van der Waals surface area contributed by atoms with Crippen LogP contribution in [-0.4, -0.2) is 18.5 Å². The van der Waals surface area contributed by atoms with E-state index in [1.165, 1.54) is 40.1 Å². The smallest absolute Gasteiger partial charge is 0.338 e. The van der Waals surface area contributed by atoms with Crippen LogP contribution in [-0.2, 0) is 26.3 Å². The summed E-state index contributed by atoms with van der Waals surface area (Å²) in [5, 5.41) is 10.4. The number of carbonyl (C=O) groups is 2. The Balaban J connectivity index is 1.61. The van der Waals surface area contributed by atoms with Crippen molar-refractivity contribution >= 4 is 23.3 Å². The Labute approximate surface area is 210 Å². The minimum atomic E-state index is -1.85. The Morgan fingerprint density at radius 1 is 1.00 bits per heavy atom. The van der Waals surface area contributed by atoms with E-state index in [4.69, 9.17) is 10.5 Å². The topological polar surface area (TPSA) is 99.7 Å². The standard InChI is InChI=1S/C28H18F2N4O3/c29-17-10-8-16(9-11-17)14-33-22-7-2-1-6-20(22)28(27(33)36)21(13-31)25(32)34(19-5-3-4-18(30)12-19)23-15-37-26(35)24(23)28/h1-12H,14-15,32H2/t28-/m1/s1. The number of anilines is 2. The van der Waals surface area contributed by atoms with Crippen molar-refractivity contribution in [3.63, 3.8) is 0 Å². The van der Waals surface area contributed by atoms with Gasteiger partial charge >= 0.3 is 5.97 Å². The highest BCUT2D eigenvalue weighted by molar-refractivity contribution is 6.19. The quantitative estimate of drug-likeness (QED) is 0.554. The van der Waals surface area contributed by atoms with Gasteiger partial charge in [-0.15, -0.1) is 0 Å². The molecule has 9 heteroatoms. The second kappa shape index (κ2) is 8.03. The van der Waals surface area contributed by atoms with Gasteiger partial charge in [-0.3, -0.25) is 9.69 Å². The predicted molar refractivity (Wildman–Crippen MR) is 129 cm³/mol. The van der Waals surface area contributed by atoms with Gasteiger partial charge in [0.05, 0.1) is 29.1 Å². The fourth-order valence-electron chi connectivity index (χ4n) is 5.43. The molecule has 1 atom stereocenters. The molecule has 37 heavy (non-hydrogen) atoms. The molecule has 1 amide bonds. The minimum Gasteiger partial charge on any atom is -0.456 e. The molecule has 0 bridgehead atoms. The van der Waals surface area contributed by atoms with Crippen LogP contribution < -0.4 is 15.5 Å². The molecular formula is C28H18F2N4O3. The molecule has 3 aromatic rings. The SMILES string of the molecule is N#CC1=C(N)N(c2cccc(F)c2)C2=C(C(=O)OC2)[C@]12C(=O)N(Cc1ccc(F)cc1)c1ccccc12. The molecule has 7 nitrogen and oxygen atoms in total. The molecule has 3 aliphatic heterocycles. The Bertz CT molecular complexity index is 1610. The summed E-state index contributed by atoms with van der Waals surface area (Å²) < 4.78 is 33.0. The summed E-state index contributed by atoms with van der Waals surface area (Å²) in [4.78, 5) is 30.5. The summed E-state index contributed by atoms with van der Waals surface area (Å²) in [6.07, 6.45) is 0. The van der Waals surface area contributed by atoms with Crippen LogP contribution in [0.25, 0.3) is 0 Å². The van der Waals surface area contributed by atoms with E-state index < -0.39 is 28.9 Å². The minimum absolute atomic E-state index is 0.0263. The molecular weight excluding hydrogens is 478 g/mol. The van der Waals surface area contributed by atoms with Crippen LogP contribution in [0.3, 0.4) is 0 Å². The molecule has 3 heterocycles. The second-order valence-electron chi connectivity index (χ2n) is 8.87. The molecule has 2 N–H and O–H groups in total. The van der Waals surface area contributed by atoms with E-state index in [1.807, 2.05) is 0 Å². The number of amides is 1. The van der Waals surface area contributed by atoms with Crippen molar-refractivity contribution in [2.45, 2.75) is 12.0 Å². The molecule has 0 aliphatic carbocycles. The van der Waals surface area contributed by atoms with Crippen LogP contribution in [0.4, 0.5) is 20.2 Å². The zero-order chi connectivity index (χ0) is 25.9. The van der Waals surface area contributed by atoms with E-state index in [2.05, 4.69) is 6.07 Å². The average molecular weight is 496 g/mol. The first kappa shape index (κ1) is 22.5. The molecule has 0 fully saturated rings. The fourth-order valence-corrected chi connectivity index (χ4v) is 5.43. The lowest BCUT2D eigenvalue weighted by molar-refractivity contribution is -0.137. The third-order valence-electron chi connectivity index (χ3n) is 6.95. The fraction of sp³-hybridized carbons (Fsp3) is 0.107. The Morgan fingerprint density at radius 2 is 1.76 bits per heavy atom. The molecule has 6 rings (SSSR count). The lowest BCUT2D eigenvalue weighted by atomic mass is 9.67. The molecule has 0 radical (unpaired) electrons. The predicted octanol–water partition coefficient (Wildman–Crippen LogP) is 3.77. The number of hydrogen-bond donors (Lipinski definition) is 1. The van der Waals surface area contributed by atoms with Crippen LogP contribution in [0.5, 0.6) is 0 Å². The summed E-state index contributed by atoms with van der Waals surface area (Å²) in [5.41, 5.74) is 6.62. The van der Waals surface area contributed by atoms with E-state index in [0.29, 0.717) is 16.8 Å². The Kier molecular flexibility index (Phi) is 4.88. The van der Waals surface area contributed by atoms with Gasteiger partial charge in [-0.2, -0.15) is 5.26 Å². The van der Waals surface area contributed by atoms with Gasteiger partial charge in [-0.05, 0) is 42.0 Å². The first-order valence-electron chi connectivity index (χ1n) is 11.4. The number of nitrogens with zero attached hydrogens (tertiary/aromatic N) is 3. The highest BCUT2D eigenvalue weighted by Crippen LogP contribution is 2.56. The van der Waals surface area contributed by atoms with Gasteiger partial charge in [-0.1, -0.05) is 36.4 Å². The number of nitrogens with two attached hydrogens (primary N) is 1. The number of para-hydroxylation sites is 1. The molecule has 0 saturated heterocycles. The third kappa shape index (κ3) is 3.02. The van der Waals surface area contributed by atoms with E-state index in [1.54, 1.807) is 42.5 Å². The molecule has 182 valence electrons. The lowest BCUT2D eigenvalue weighted by Crippen LogP contribution is -2.50. The first-order chi connectivity index (χ1) is 17.9. The summed E-state index contributed by atoms with van der Waals surface area (Å²) in [7, 11) is 0. The van der Waals surface area contributed by atoms with Gasteiger partial charge in [0, 0.05) is 11.3 Å². The number of esters is 1. The summed E-state index contributed by atoms with van der Waals surface area (Å²) in [6.45, 7) is -0.138. The van der Waals surface area contributed by atoms with Crippen molar-refractivity contribution in [2.75, 3.05) is 16.4 Å². The molecule has 3 aromatic carbocycles. The van der Waals surface area contributed by atoms with Crippen LogP contribution >= 0.6 is 0 Å². The van der Waals surface area contributed by atoms with E-state index in [-0.39, 0.29) is 41.5 Å². The highest BCUT2D eigenvalue weighted by Gasteiger charge is 2.63. The number of rotatable bonds is 3. The lowest BCUT2D eigenvalue weighted by Gasteiger charge is -2.38. The van der Waals surface area contributed by atoms with Crippen molar-refractivity contribution in [3.8, 4) is 6.07 Å². The van der Waals surface area contributed by atoms with Crippen LogP contribution in [0, 0.1) is 23.0 Å². The van der Waals surface area contributed by atoms with Crippen molar-refractivity contribution in [1.29, 1.82) is 5.26 Å². The number of carbonyl (C=O) groups excluding carboxylic acids is 2. The largest absolute Gasteiger partial charge is 0.456 e. The van der Waals surface area contributed by atoms with Crippen molar-refractivity contribution in [1.82, 2.24) is 0 Å². The van der Waals surface area contributed by atoms with Gasteiger partial charge in [0.2, 0.25) is 5.91 Å². The normalized spacial score (nSPS) is 20.4. The van der Waals surface area contributed by atoms with Gasteiger partial charge < -0.3 is 15.4 Å². The van der Waals surface area contributed by atoms with Crippen LogP contribution in [0.2, 0.25) is 0 Å². The Morgan fingerprint density at radius 3 is 2.49 bits per heavy atom. The van der Waals surface area contributed by atoms with E-state index in [9.17, 15) is 23.6 Å². The Hall–Kier alpha value is -4.97. The molecule has 0 aromatic heterocycles. The van der Waals surface area contributed by atoms with Crippen molar-refractivity contribution < 1.29 is 23.1 Å². The van der Waals surface area contributed by atoms with Gasteiger partial charge in [0.1, 0.15) is 35.5 Å². The highest BCUT2D eigenvalue weighted by atomic mass is 19.1. The maximum atomic E-state index is 14.4. The zero-order valence-corrected chi connectivity index (χ0v) is 19.2.